The van der Waals surface area contributed by atoms with Gasteiger partial charge in [-0.2, -0.15) is 0 Å². The summed E-state index contributed by atoms with van der Waals surface area (Å²) in [5.74, 6) is -0.00187. The van der Waals surface area contributed by atoms with Gasteiger partial charge in [0.15, 0.2) is 0 Å². The third kappa shape index (κ3) is 5.10. The highest BCUT2D eigenvalue weighted by Gasteiger charge is 2.34. The minimum absolute atomic E-state index is 0.00187. The molecular weight excluding hydrogens is 386 g/mol. The summed E-state index contributed by atoms with van der Waals surface area (Å²) < 4.78 is 5.61. The van der Waals surface area contributed by atoms with Crippen molar-refractivity contribution in [3.63, 3.8) is 0 Å². The summed E-state index contributed by atoms with van der Waals surface area (Å²) in [5, 5.41) is 3.21. The van der Waals surface area contributed by atoms with Crippen molar-refractivity contribution in [2.75, 3.05) is 50.8 Å². The maximum Gasteiger partial charge on any atom is 0.251 e. The van der Waals surface area contributed by atoms with Gasteiger partial charge >= 0.3 is 0 Å². The monoisotopic (exact) mass is 421 g/mol. The highest BCUT2D eigenvalue weighted by molar-refractivity contribution is 5.94. The van der Waals surface area contributed by atoms with Crippen molar-refractivity contribution in [3.8, 4) is 0 Å². The predicted octanol–water partition coefficient (Wildman–Crippen LogP) is 3.70. The van der Waals surface area contributed by atoms with E-state index in [0.717, 1.165) is 57.8 Å². The molecule has 0 radical (unpaired) electrons. The number of piperazine rings is 1. The Morgan fingerprint density at radius 2 is 1.61 bits per heavy atom. The first kappa shape index (κ1) is 21.8. The molecule has 2 aromatic rings. The molecule has 2 saturated heterocycles. The Balaban J connectivity index is 1.37. The van der Waals surface area contributed by atoms with Crippen LogP contribution in [-0.4, -0.2) is 62.8 Å². The van der Waals surface area contributed by atoms with Gasteiger partial charge in [-0.15, -0.1) is 0 Å². The van der Waals surface area contributed by atoms with E-state index in [1.807, 2.05) is 18.2 Å². The van der Waals surface area contributed by atoms with Crippen molar-refractivity contribution in [2.45, 2.75) is 38.1 Å². The van der Waals surface area contributed by atoms with Crippen LogP contribution in [0.4, 0.5) is 5.69 Å². The first-order chi connectivity index (χ1) is 15.1. The van der Waals surface area contributed by atoms with Crippen molar-refractivity contribution in [1.82, 2.24) is 10.2 Å². The van der Waals surface area contributed by atoms with E-state index in [2.05, 4.69) is 65.4 Å². The largest absolute Gasteiger partial charge is 0.381 e. The fourth-order valence-corrected chi connectivity index (χ4v) is 4.79. The minimum Gasteiger partial charge on any atom is -0.381 e. The van der Waals surface area contributed by atoms with Gasteiger partial charge in [-0.25, -0.2) is 0 Å². The Hall–Kier alpha value is -2.37. The summed E-state index contributed by atoms with van der Waals surface area (Å²) in [7, 11) is 0. The van der Waals surface area contributed by atoms with Gasteiger partial charge < -0.3 is 15.0 Å². The summed E-state index contributed by atoms with van der Waals surface area (Å²) in [6.45, 7) is 10.9. The SMILES string of the molecule is CC(C)N1CCN(c2ccc(C(=O)NCC3(c4ccccc4)CCOCC3)cc2)CC1. The van der Waals surface area contributed by atoms with Crippen molar-refractivity contribution >= 4 is 11.6 Å². The zero-order chi connectivity index (χ0) is 21.7. The quantitative estimate of drug-likeness (QED) is 0.773. The maximum atomic E-state index is 12.9. The van der Waals surface area contributed by atoms with Crippen LogP contribution < -0.4 is 10.2 Å². The third-order valence-electron chi connectivity index (χ3n) is 6.96. The van der Waals surface area contributed by atoms with Crippen LogP contribution >= 0.6 is 0 Å². The summed E-state index contributed by atoms with van der Waals surface area (Å²) in [6, 6.07) is 19.2. The zero-order valence-electron chi connectivity index (χ0n) is 18.8. The van der Waals surface area contributed by atoms with Crippen LogP contribution in [0.15, 0.2) is 54.6 Å². The summed E-state index contributed by atoms with van der Waals surface area (Å²) in [5.41, 5.74) is 3.16. The lowest BCUT2D eigenvalue weighted by Gasteiger charge is -2.38. The van der Waals surface area contributed by atoms with Crippen molar-refractivity contribution in [2.24, 2.45) is 0 Å². The standard InChI is InChI=1S/C26H35N3O2/c1-21(2)28-14-16-29(17-15-28)24-10-8-22(9-11-24)25(30)27-20-26(12-18-31-19-13-26)23-6-4-3-5-7-23/h3-11,21H,12-20H2,1-2H3,(H,27,30). The van der Waals surface area contributed by atoms with E-state index in [1.165, 1.54) is 11.3 Å². The molecule has 0 aromatic heterocycles. The molecule has 4 rings (SSSR count). The lowest BCUT2D eigenvalue weighted by Crippen LogP contribution is -2.48. The van der Waals surface area contributed by atoms with Gasteiger partial charge in [0, 0.05) is 68.6 Å². The molecule has 5 heteroatoms. The molecule has 5 nitrogen and oxygen atoms in total. The van der Waals surface area contributed by atoms with Crippen molar-refractivity contribution < 1.29 is 9.53 Å². The molecule has 0 unspecified atom stereocenters. The lowest BCUT2D eigenvalue weighted by atomic mass is 9.74. The average Bonchev–Trinajstić information content (AvgIpc) is 2.84. The molecule has 166 valence electrons. The van der Waals surface area contributed by atoms with Gasteiger partial charge in [0.25, 0.3) is 5.91 Å². The number of hydrogen-bond acceptors (Lipinski definition) is 4. The molecule has 2 aliphatic heterocycles. The van der Waals surface area contributed by atoms with E-state index in [1.54, 1.807) is 0 Å². The van der Waals surface area contributed by atoms with E-state index in [4.69, 9.17) is 4.74 Å². The summed E-state index contributed by atoms with van der Waals surface area (Å²) in [6.07, 6.45) is 1.86. The molecule has 1 amide bonds. The van der Waals surface area contributed by atoms with E-state index < -0.39 is 0 Å². The minimum atomic E-state index is -0.0504. The smallest absolute Gasteiger partial charge is 0.251 e. The number of nitrogens with one attached hydrogen (secondary N) is 1. The fraction of sp³-hybridized carbons (Fsp3) is 0.500. The molecule has 0 atom stereocenters. The highest BCUT2D eigenvalue weighted by Crippen LogP contribution is 2.34. The zero-order valence-corrected chi connectivity index (χ0v) is 18.8. The Morgan fingerprint density at radius 3 is 2.23 bits per heavy atom. The first-order valence-electron chi connectivity index (χ1n) is 11.6. The number of hydrogen-bond donors (Lipinski definition) is 1. The topological polar surface area (TPSA) is 44.8 Å². The van der Waals surface area contributed by atoms with Crippen molar-refractivity contribution in [1.29, 1.82) is 0 Å². The van der Waals surface area contributed by atoms with E-state index >= 15 is 0 Å². The molecule has 0 spiro atoms. The molecule has 2 aliphatic rings. The maximum absolute atomic E-state index is 12.9. The number of carbonyl (C=O) groups excluding carboxylic acids is 1. The fourth-order valence-electron chi connectivity index (χ4n) is 4.79. The second kappa shape index (κ2) is 9.84. The van der Waals surface area contributed by atoms with Crippen LogP contribution in [0, 0.1) is 0 Å². The normalized spacial score (nSPS) is 19.4. The molecule has 2 fully saturated rings. The third-order valence-corrected chi connectivity index (χ3v) is 6.96. The number of nitrogens with zero attached hydrogens (tertiary/aromatic N) is 2. The molecule has 2 heterocycles. The lowest BCUT2D eigenvalue weighted by molar-refractivity contribution is 0.0487. The molecule has 31 heavy (non-hydrogen) atoms. The number of amides is 1. The van der Waals surface area contributed by atoms with Gasteiger partial charge in [-0.1, -0.05) is 30.3 Å². The molecule has 0 bridgehead atoms. The summed E-state index contributed by atoms with van der Waals surface area (Å²) in [4.78, 5) is 17.8. The van der Waals surface area contributed by atoms with Crippen LogP contribution in [0.3, 0.4) is 0 Å². The Labute approximate surface area is 186 Å². The second-order valence-electron chi connectivity index (χ2n) is 9.11. The van der Waals surface area contributed by atoms with Crippen LogP contribution in [0.1, 0.15) is 42.6 Å². The van der Waals surface area contributed by atoms with E-state index in [-0.39, 0.29) is 11.3 Å². The van der Waals surface area contributed by atoms with Gasteiger partial charge in [0.05, 0.1) is 0 Å². The number of ether oxygens (including phenoxy) is 1. The van der Waals surface area contributed by atoms with Crippen LogP contribution in [0.5, 0.6) is 0 Å². The van der Waals surface area contributed by atoms with E-state index in [9.17, 15) is 4.79 Å². The predicted molar refractivity (Wildman–Crippen MR) is 126 cm³/mol. The second-order valence-corrected chi connectivity index (χ2v) is 9.11. The molecule has 0 saturated carbocycles. The van der Waals surface area contributed by atoms with Crippen molar-refractivity contribution in [3.05, 3.63) is 65.7 Å². The molecule has 1 N–H and O–H groups in total. The number of anilines is 1. The van der Waals surface area contributed by atoms with Gasteiger partial charge in [0.2, 0.25) is 0 Å². The highest BCUT2D eigenvalue weighted by atomic mass is 16.5. The van der Waals surface area contributed by atoms with E-state index in [0.29, 0.717) is 12.6 Å². The van der Waals surface area contributed by atoms with Crippen LogP contribution in [0.2, 0.25) is 0 Å². The average molecular weight is 422 g/mol. The van der Waals surface area contributed by atoms with Gasteiger partial charge in [-0.3, -0.25) is 9.69 Å². The van der Waals surface area contributed by atoms with Crippen LogP contribution in [-0.2, 0) is 10.2 Å². The molecule has 0 aliphatic carbocycles. The number of rotatable bonds is 6. The van der Waals surface area contributed by atoms with Gasteiger partial charge in [-0.05, 0) is 56.5 Å². The Morgan fingerprint density at radius 1 is 0.968 bits per heavy atom. The molecule has 2 aromatic carbocycles. The molecular formula is C26H35N3O2. The number of carbonyl (C=O) groups is 1. The van der Waals surface area contributed by atoms with Crippen LogP contribution in [0.25, 0.3) is 0 Å². The first-order valence-corrected chi connectivity index (χ1v) is 11.6. The number of benzene rings is 2. The Kier molecular flexibility index (Phi) is 6.93. The van der Waals surface area contributed by atoms with Gasteiger partial charge in [0.1, 0.15) is 0 Å². The Bertz CT molecular complexity index is 837. The summed E-state index contributed by atoms with van der Waals surface area (Å²) >= 11 is 0.